The van der Waals surface area contributed by atoms with Crippen molar-refractivity contribution in [2.24, 2.45) is 0 Å². The maximum Gasteiger partial charge on any atom is 0.338 e. The minimum Gasteiger partial charge on any atom is -0.496 e. The van der Waals surface area contributed by atoms with Gasteiger partial charge in [-0.3, -0.25) is 4.79 Å². The van der Waals surface area contributed by atoms with E-state index in [2.05, 4.69) is 0 Å². The molecule has 0 radical (unpaired) electrons. The second kappa shape index (κ2) is 8.73. The zero-order chi connectivity index (χ0) is 20.1. The monoisotopic (exact) mass is 386 g/mol. The zero-order valence-corrected chi connectivity index (χ0v) is 16.0. The molecule has 28 heavy (non-hydrogen) atoms. The van der Waals surface area contributed by atoms with E-state index in [9.17, 15) is 14.0 Å². The molecule has 2 aromatic rings. The number of benzene rings is 2. The summed E-state index contributed by atoms with van der Waals surface area (Å²) in [6.07, 6.45) is 0. The number of amides is 1. The van der Waals surface area contributed by atoms with Crippen molar-refractivity contribution in [3.63, 3.8) is 0 Å². The molecule has 0 aliphatic carbocycles. The number of anilines is 1. The highest BCUT2D eigenvalue weighted by molar-refractivity contribution is 5.91. The smallest absolute Gasteiger partial charge is 0.338 e. The SMILES string of the molecule is COc1cc(C(=O)OCC(=O)N2CCN(c3ccccc3F)CC2)ccc1C. The Balaban J connectivity index is 1.51. The minimum atomic E-state index is -0.573. The highest BCUT2D eigenvalue weighted by atomic mass is 19.1. The van der Waals surface area contributed by atoms with E-state index in [1.54, 1.807) is 41.3 Å². The Morgan fingerprint density at radius 3 is 2.46 bits per heavy atom. The van der Waals surface area contributed by atoms with Crippen molar-refractivity contribution in [2.45, 2.75) is 6.92 Å². The predicted molar refractivity (Wildman–Crippen MR) is 103 cm³/mol. The summed E-state index contributed by atoms with van der Waals surface area (Å²) in [5, 5.41) is 0. The summed E-state index contributed by atoms with van der Waals surface area (Å²) in [6.45, 7) is 3.49. The number of halogens is 1. The molecule has 1 heterocycles. The van der Waals surface area contributed by atoms with Crippen molar-refractivity contribution in [2.75, 3.05) is 44.8 Å². The number of carbonyl (C=O) groups is 2. The number of hydrogen-bond acceptors (Lipinski definition) is 5. The number of rotatable bonds is 5. The molecule has 1 saturated heterocycles. The molecule has 3 rings (SSSR count). The van der Waals surface area contributed by atoms with E-state index in [0.717, 1.165) is 5.56 Å². The zero-order valence-electron chi connectivity index (χ0n) is 16.0. The lowest BCUT2D eigenvalue weighted by molar-refractivity contribution is -0.134. The molecule has 0 bridgehead atoms. The summed E-state index contributed by atoms with van der Waals surface area (Å²) < 4.78 is 24.2. The van der Waals surface area contributed by atoms with Crippen LogP contribution >= 0.6 is 0 Å². The Labute approximate surface area is 163 Å². The molecule has 0 unspecified atom stereocenters. The quantitative estimate of drug-likeness (QED) is 0.740. The van der Waals surface area contributed by atoms with E-state index >= 15 is 0 Å². The van der Waals surface area contributed by atoms with Crippen molar-refractivity contribution < 1.29 is 23.5 Å². The first kappa shape index (κ1) is 19.7. The van der Waals surface area contributed by atoms with E-state index in [1.165, 1.54) is 13.2 Å². The molecule has 0 atom stereocenters. The van der Waals surface area contributed by atoms with Gasteiger partial charge in [0.05, 0.1) is 18.4 Å². The fourth-order valence-electron chi connectivity index (χ4n) is 3.15. The predicted octanol–water partition coefficient (Wildman–Crippen LogP) is 2.65. The second-order valence-corrected chi connectivity index (χ2v) is 6.58. The fraction of sp³-hybridized carbons (Fsp3) is 0.333. The molecule has 1 amide bonds. The Hall–Kier alpha value is -3.09. The van der Waals surface area contributed by atoms with Crippen LogP contribution in [0.3, 0.4) is 0 Å². The first-order valence-corrected chi connectivity index (χ1v) is 9.08. The molecule has 0 spiro atoms. The van der Waals surface area contributed by atoms with Crippen molar-refractivity contribution in [3.8, 4) is 5.75 Å². The highest BCUT2D eigenvalue weighted by Crippen LogP contribution is 2.21. The summed E-state index contributed by atoms with van der Waals surface area (Å²) in [7, 11) is 1.53. The van der Waals surface area contributed by atoms with E-state index in [0.29, 0.717) is 43.2 Å². The van der Waals surface area contributed by atoms with Crippen LogP contribution in [0.15, 0.2) is 42.5 Å². The molecular weight excluding hydrogens is 363 g/mol. The molecule has 2 aromatic carbocycles. The van der Waals surface area contributed by atoms with Crippen molar-refractivity contribution >= 4 is 17.6 Å². The van der Waals surface area contributed by atoms with Gasteiger partial charge in [-0.2, -0.15) is 0 Å². The second-order valence-electron chi connectivity index (χ2n) is 6.58. The average molecular weight is 386 g/mol. The largest absolute Gasteiger partial charge is 0.496 e. The first-order chi connectivity index (χ1) is 13.5. The van der Waals surface area contributed by atoms with Gasteiger partial charge in [0.15, 0.2) is 6.61 Å². The fourth-order valence-corrected chi connectivity index (χ4v) is 3.15. The third-order valence-electron chi connectivity index (χ3n) is 4.80. The van der Waals surface area contributed by atoms with Gasteiger partial charge in [-0.25, -0.2) is 9.18 Å². The van der Waals surface area contributed by atoms with Gasteiger partial charge in [0.2, 0.25) is 0 Å². The normalized spacial score (nSPS) is 14.0. The standard InChI is InChI=1S/C21H23FN2O4/c1-15-7-8-16(13-19(15)27-2)21(26)28-14-20(25)24-11-9-23(10-12-24)18-6-4-3-5-17(18)22/h3-8,13H,9-12,14H2,1-2H3. The van der Waals surface area contributed by atoms with Crippen LogP contribution < -0.4 is 9.64 Å². The van der Waals surface area contributed by atoms with Crippen LogP contribution in [-0.2, 0) is 9.53 Å². The molecule has 0 N–H and O–H groups in total. The van der Waals surface area contributed by atoms with Gasteiger partial charge < -0.3 is 19.3 Å². The molecule has 1 fully saturated rings. The maximum absolute atomic E-state index is 13.9. The molecule has 0 aromatic heterocycles. The molecular formula is C21H23FN2O4. The number of carbonyl (C=O) groups excluding carboxylic acids is 2. The highest BCUT2D eigenvalue weighted by Gasteiger charge is 2.23. The van der Waals surface area contributed by atoms with Crippen LogP contribution in [-0.4, -0.2) is 56.7 Å². The lowest BCUT2D eigenvalue weighted by atomic mass is 10.1. The Morgan fingerprint density at radius 1 is 1.07 bits per heavy atom. The van der Waals surface area contributed by atoms with Crippen molar-refractivity contribution in [3.05, 3.63) is 59.4 Å². The number of esters is 1. The average Bonchev–Trinajstić information content (AvgIpc) is 2.72. The molecule has 1 aliphatic heterocycles. The number of aryl methyl sites for hydroxylation is 1. The number of methoxy groups -OCH3 is 1. The Morgan fingerprint density at radius 2 is 1.79 bits per heavy atom. The van der Waals surface area contributed by atoms with Crippen molar-refractivity contribution in [1.29, 1.82) is 0 Å². The molecule has 7 heteroatoms. The number of nitrogens with zero attached hydrogens (tertiary/aromatic N) is 2. The lowest BCUT2D eigenvalue weighted by Crippen LogP contribution is -2.50. The summed E-state index contributed by atoms with van der Waals surface area (Å²) in [5.41, 5.74) is 1.77. The van der Waals surface area contributed by atoms with E-state index < -0.39 is 5.97 Å². The number of ether oxygens (including phenoxy) is 2. The molecule has 148 valence electrons. The summed E-state index contributed by atoms with van der Waals surface area (Å²) in [6, 6.07) is 11.6. The van der Waals surface area contributed by atoms with Gasteiger partial charge in [0, 0.05) is 26.2 Å². The van der Waals surface area contributed by atoms with Gasteiger partial charge in [-0.05, 0) is 36.8 Å². The summed E-state index contributed by atoms with van der Waals surface area (Å²) >= 11 is 0. The van der Waals surface area contributed by atoms with Crippen LogP contribution in [0.4, 0.5) is 10.1 Å². The summed E-state index contributed by atoms with van der Waals surface area (Å²) in [5.74, 6) is -0.521. The Kier molecular flexibility index (Phi) is 6.13. The molecule has 1 aliphatic rings. The Bertz CT molecular complexity index is 863. The van der Waals surface area contributed by atoms with Crippen LogP contribution in [0.5, 0.6) is 5.75 Å². The van der Waals surface area contributed by atoms with Gasteiger partial charge in [0.25, 0.3) is 5.91 Å². The van der Waals surface area contributed by atoms with Gasteiger partial charge in [-0.1, -0.05) is 18.2 Å². The van der Waals surface area contributed by atoms with E-state index in [1.807, 2.05) is 11.8 Å². The van der Waals surface area contributed by atoms with Gasteiger partial charge in [-0.15, -0.1) is 0 Å². The summed E-state index contributed by atoms with van der Waals surface area (Å²) in [4.78, 5) is 28.1. The van der Waals surface area contributed by atoms with Crippen LogP contribution in [0.25, 0.3) is 0 Å². The first-order valence-electron chi connectivity index (χ1n) is 9.08. The van der Waals surface area contributed by atoms with Gasteiger partial charge in [0.1, 0.15) is 11.6 Å². The van der Waals surface area contributed by atoms with E-state index in [-0.39, 0.29) is 18.3 Å². The van der Waals surface area contributed by atoms with E-state index in [4.69, 9.17) is 9.47 Å². The maximum atomic E-state index is 13.9. The third kappa shape index (κ3) is 4.42. The van der Waals surface area contributed by atoms with Crippen LogP contribution in [0.1, 0.15) is 15.9 Å². The number of hydrogen-bond donors (Lipinski definition) is 0. The molecule has 6 nitrogen and oxygen atoms in total. The molecule has 0 saturated carbocycles. The van der Waals surface area contributed by atoms with Gasteiger partial charge >= 0.3 is 5.97 Å². The number of para-hydroxylation sites is 1. The van der Waals surface area contributed by atoms with Crippen LogP contribution in [0.2, 0.25) is 0 Å². The lowest BCUT2D eigenvalue weighted by Gasteiger charge is -2.36. The minimum absolute atomic E-state index is 0.263. The van der Waals surface area contributed by atoms with Crippen LogP contribution in [0, 0.1) is 12.7 Å². The van der Waals surface area contributed by atoms with Crippen molar-refractivity contribution in [1.82, 2.24) is 4.90 Å². The topological polar surface area (TPSA) is 59.1 Å². The third-order valence-corrected chi connectivity index (χ3v) is 4.80. The number of piperazine rings is 1.